The minimum absolute atomic E-state index is 0.472. The fourth-order valence-corrected chi connectivity index (χ4v) is 1.45. The van der Waals surface area contributed by atoms with Gasteiger partial charge in [-0.25, -0.2) is 9.97 Å². The van der Waals surface area contributed by atoms with E-state index in [4.69, 9.17) is 4.74 Å². The van der Waals surface area contributed by atoms with E-state index in [-0.39, 0.29) is 0 Å². The summed E-state index contributed by atoms with van der Waals surface area (Å²) in [5.74, 6) is 1.53. The Hall–Kier alpha value is -1.58. The van der Waals surface area contributed by atoms with Crippen LogP contribution in [0.2, 0.25) is 0 Å². The Bertz CT molecular complexity index is 339. The van der Waals surface area contributed by atoms with E-state index in [0.29, 0.717) is 12.5 Å². The Kier molecular flexibility index (Phi) is 5.32. The van der Waals surface area contributed by atoms with E-state index < -0.39 is 0 Å². The van der Waals surface area contributed by atoms with Gasteiger partial charge in [0.25, 0.3) is 0 Å². The predicted molar refractivity (Wildman–Crippen MR) is 65.9 cm³/mol. The monoisotopic (exact) mass is 221 g/mol. The van der Waals surface area contributed by atoms with Crippen LogP contribution in [0.1, 0.15) is 25.8 Å². The molecule has 1 aromatic rings. The Labute approximate surface area is 96.8 Å². The molecule has 0 saturated heterocycles. The molecular weight excluding hydrogens is 202 g/mol. The van der Waals surface area contributed by atoms with Crippen molar-refractivity contribution in [1.82, 2.24) is 9.97 Å². The van der Waals surface area contributed by atoms with E-state index in [1.807, 2.05) is 6.92 Å². The summed E-state index contributed by atoms with van der Waals surface area (Å²) in [7, 11) is 0. The molecule has 0 saturated carbocycles. The highest BCUT2D eigenvalue weighted by Gasteiger charge is 2.10. The molecule has 0 fully saturated rings. The molecule has 1 heterocycles. The second-order valence-electron chi connectivity index (χ2n) is 3.39. The SMILES string of the molecule is C=CCOc1ncnc(NCC)c1CCC. The first-order valence-corrected chi connectivity index (χ1v) is 5.64. The maximum absolute atomic E-state index is 5.52. The minimum Gasteiger partial charge on any atom is -0.473 e. The summed E-state index contributed by atoms with van der Waals surface area (Å²) in [6.45, 7) is 9.11. The number of anilines is 1. The summed E-state index contributed by atoms with van der Waals surface area (Å²) in [5, 5.41) is 3.22. The van der Waals surface area contributed by atoms with Gasteiger partial charge in [0.1, 0.15) is 18.8 Å². The van der Waals surface area contributed by atoms with Crippen LogP contribution in [0.25, 0.3) is 0 Å². The van der Waals surface area contributed by atoms with E-state index in [0.717, 1.165) is 30.8 Å². The van der Waals surface area contributed by atoms with Gasteiger partial charge in [0.05, 0.1) is 5.56 Å². The normalized spacial score (nSPS) is 9.88. The number of aromatic nitrogens is 2. The summed E-state index contributed by atoms with van der Waals surface area (Å²) < 4.78 is 5.52. The quantitative estimate of drug-likeness (QED) is 0.718. The number of nitrogens with zero attached hydrogens (tertiary/aromatic N) is 2. The van der Waals surface area contributed by atoms with Gasteiger partial charge in [0.15, 0.2) is 0 Å². The lowest BCUT2D eigenvalue weighted by Gasteiger charge is -2.12. The van der Waals surface area contributed by atoms with Crippen LogP contribution in [0, 0.1) is 0 Å². The third-order valence-electron chi connectivity index (χ3n) is 2.09. The number of rotatable bonds is 7. The van der Waals surface area contributed by atoms with Gasteiger partial charge in [-0.05, 0) is 13.3 Å². The smallest absolute Gasteiger partial charge is 0.222 e. The highest BCUT2D eigenvalue weighted by atomic mass is 16.5. The van der Waals surface area contributed by atoms with Crippen molar-refractivity contribution in [2.24, 2.45) is 0 Å². The van der Waals surface area contributed by atoms with Crippen molar-refractivity contribution in [3.8, 4) is 5.88 Å². The van der Waals surface area contributed by atoms with Crippen molar-refractivity contribution in [2.45, 2.75) is 26.7 Å². The lowest BCUT2D eigenvalue weighted by molar-refractivity contribution is 0.343. The first-order valence-electron chi connectivity index (χ1n) is 5.64. The molecule has 0 bridgehead atoms. The standard InChI is InChI=1S/C12H19N3O/c1-4-7-10-11(13-6-3)14-9-15-12(10)16-8-5-2/h5,9H,2,4,6-8H2,1,3H3,(H,13,14,15). The maximum Gasteiger partial charge on any atom is 0.222 e. The first-order chi connectivity index (χ1) is 7.83. The molecule has 1 aromatic heterocycles. The summed E-state index contributed by atoms with van der Waals surface area (Å²) >= 11 is 0. The molecule has 4 nitrogen and oxygen atoms in total. The molecule has 0 amide bonds. The van der Waals surface area contributed by atoms with Crippen LogP contribution in [-0.2, 0) is 6.42 Å². The van der Waals surface area contributed by atoms with Crippen molar-refractivity contribution in [3.63, 3.8) is 0 Å². The highest BCUT2D eigenvalue weighted by molar-refractivity contribution is 5.48. The molecule has 1 rings (SSSR count). The summed E-state index contributed by atoms with van der Waals surface area (Å²) in [6.07, 6.45) is 5.19. The van der Waals surface area contributed by atoms with Crippen molar-refractivity contribution in [3.05, 3.63) is 24.5 Å². The number of hydrogen-bond acceptors (Lipinski definition) is 4. The predicted octanol–water partition coefficient (Wildman–Crippen LogP) is 2.43. The van der Waals surface area contributed by atoms with Crippen LogP contribution in [0.4, 0.5) is 5.82 Å². The lowest BCUT2D eigenvalue weighted by Crippen LogP contribution is -2.08. The van der Waals surface area contributed by atoms with Crippen molar-refractivity contribution >= 4 is 5.82 Å². The van der Waals surface area contributed by atoms with Gasteiger partial charge in [0.2, 0.25) is 5.88 Å². The molecule has 0 aromatic carbocycles. The molecule has 0 aliphatic heterocycles. The van der Waals surface area contributed by atoms with E-state index in [1.165, 1.54) is 6.33 Å². The zero-order valence-corrected chi connectivity index (χ0v) is 9.99. The Morgan fingerprint density at radius 3 is 2.88 bits per heavy atom. The van der Waals surface area contributed by atoms with Gasteiger partial charge in [-0.2, -0.15) is 0 Å². The fourth-order valence-electron chi connectivity index (χ4n) is 1.45. The minimum atomic E-state index is 0.472. The number of ether oxygens (including phenoxy) is 1. The van der Waals surface area contributed by atoms with Gasteiger partial charge < -0.3 is 10.1 Å². The zero-order valence-electron chi connectivity index (χ0n) is 9.99. The summed E-state index contributed by atoms with van der Waals surface area (Å²) in [4.78, 5) is 8.38. The van der Waals surface area contributed by atoms with Crippen molar-refractivity contribution in [2.75, 3.05) is 18.5 Å². The van der Waals surface area contributed by atoms with Crippen LogP contribution < -0.4 is 10.1 Å². The number of hydrogen-bond donors (Lipinski definition) is 1. The second kappa shape index (κ2) is 6.82. The topological polar surface area (TPSA) is 47.0 Å². The van der Waals surface area contributed by atoms with Crippen LogP contribution in [-0.4, -0.2) is 23.1 Å². The zero-order chi connectivity index (χ0) is 11.8. The van der Waals surface area contributed by atoms with Crippen LogP contribution in [0.5, 0.6) is 5.88 Å². The maximum atomic E-state index is 5.52. The highest BCUT2D eigenvalue weighted by Crippen LogP contribution is 2.23. The average molecular weight is 221 g/mol. The molecule has 0 aliphatic carbocycles. The molecule has 0 radical (unpaired) electrons. The third kappa shape index (κ3) is 3.22. The Balaban J connectivity index is 2.94. The number of nitrogens with one attached hydrogen (secondary N) is 1. The van der Waals surface area contributed by atoms with Crippen LogP contribution in [0.15, 0.2) is 19.0 Å². The van der Waals surface area contributed by atoms with Crippen LogP contribution >= 0.6 is 0 Å². The van der Waals surface area contributed by atoms with Crippen LogP contribution in [0.3, 0.4) is 0 Å². The summed E-state index contributed by atoms with van der Waals surface area (Å²) in [6, 6.07) is 0. The Morgan fingerprint density at radius 2 is 2.25 bits per heavy atom. The van der Waals surface area contributed by atoms with Crippen molar-refractivity contribution in [1.29, 1.82) is 0 Å². The Morgan fingerprint density at radius 1 is 1.44 bits per heavy atom. The molecule has 16 heavy (non-hydrogen) atoms. The molecule has 0 unspecified atom stereocenters. The van der Waals surface area contributed by atoms with E-state index in [2.05, 4.69) is 28.8 Å². The second-order valence-corrected chi connectivity index (χ2v) is 3.39. The molecule has 88 valence electrons. The molecule has 1 N–H and O–H groups in total. The fraction of sp³-hybridized carbons (Fsp3) is 0.500. The van der Waals surface area contributed by atoms with E-state index in [1.54, 1.807) is 6.08 Å². The largest absolute Gasteiger partial charge is 0.473 e. The molecule has 0 spiro atoms. The molecule has 0 atom stereocenters. The van der Waals surface area contributed by atoms with Gasteiger partial charge >= 0.3 is 0 Å². The molecule has 0 aliphatic rings. The summed E-state index contributed by atoms with van der Waals surface area (Å²) in [5.41, 5.74) is 1.05. The van der Waals surface area contributed by atoms with E-state index in [9.17, 15) is 0 Å². The first kappa shape index (κ1) is 12.5. The van der Waals surface area contributed by atoms with Gasteiger partial charge in [-0.1, -0.05) is 26.0 Å². The van der Waals surface area contributed by atoms with Gasteiger partial charge in [-0.3, -0.25) is 0 Å². The lowest BCUT2D eigenvalue weighted by atomic mass is 10.1. The van der Waals surface area contributed by atoms with E-state index >= 15 is 0 Å². The van der Waals surface area contributed by atoms with Crippen molar-refractivity contribution < 1.29 is 4.74 Å². The average Bonchev–Trinajstić information content (AvgIpc) is 2.30. The third-order valence-corrected chi connectivity index (χ3v) is 2.09. The van der Waals surface area contributed by atoms with Gasteiger partial charge in [0, 0.05) is 6.54 Å². The van der Waals surface area contributed by atoms with Gasteiger partial charge in [-0.15, -0.1) is 0 Å². The molecular formula is C12H19N3O. The molecule has 4 heteroatoms.